The molecule has 0 fully saturated rings. The van der Waals surface area contributed by atoms with E-state index in [2.05, 4.69) is 18.7 Å². The van der Waals surface area contributed by atoms with Crippen LogP contribution in [0.5, 0.6) is 11.5 Å². The van der Waals surface area contributed by atoms with Crippen LogP contribution in [0.1, 0.15) is 24.2 Å². The summed E-state index contributed by atoms with van der Waals surface area (Å²) < 4.78 is 16.1. The zero-order valence-corrected chi connectivity index (χ0v) is 12.1. The third-order valence-electron chi connectivity index (χ3n) is 3.31. The number of benzene rings is 1. The Hall–Kier alpha value is -1.75. The number of nitrogens with zero attached hydrogens (tertiary/aromatic N) is 1. The van der Waals surface area contributed by atoms with Gasteiger partial charge in [-0.1, -0.05) is 13.8 Å². The summed E-state index contributed by atoms with van der Waals surface area (Å²) in [5, 5.41) is 0. The second-order valence-electron chi connectivity index (χ2n) is 4.52. The Morgan fingerprint density at radius 3 is 2.60 bits per heavy atom. The molecule has 110 valence electrons. The Morgan fingerprint density at radius 2 is 1.90 bits per heavy atom. The number of esters is 1. The highest BCUT2D eigenvalue weighted by Gasteiger charge is 2.15. The van der Waals surface area contributed by atoms with Gasteiger partial charge in [-0.15, -0.1) is 0 Å². The molecule has 0 atom stereocenters. The van der Waals surface area contributed by atoms with Gasteiger partial charge in [-0.05, 0) is 31.3 Å². The van der Waals surface area contributed by atoms with E-state index in [1.165, 1.54) is 0 Å². The Morgan fingerprint density at radius 1 is 1.20 bits per heavy atom. The third kappa shape index (κ3) is 3.63. The maximum absolute atomic E-state index is 12.0. The molecular weight excluding hydrogens is 258 g/mol. The SMILES string of the molecule is CCN(CC)CCOC(=O)c1ccc2c(c1)OCCO2. The number of rotatable bonds is 6. The molecule has 0 aromatic heterocycles. The van der Waals surface area contributed by atoms with E-state index in [0.717, 1.165) is 19.6 Å². The summed E-state index contributed by atoms with van der Waals surface area (Å²) in [6.45, 7) is 8.29. The minimum atomic E-state index is -0.325. The van der Waals surface area contributed by atoms with E-state index < -0.39 is 0 Å². The summed E-state index contributed by atoms with van der Waals surface area (Å²) in [7, 11) is 0. The zero-order valence-electron chi connectivity index (χ0n) is 12.1. The zero-order chi connectivity index (χ0) is 14.4. The lowest BCUT2D eigenvalue weighted by Crippen LogP contribution is -2.27. The highest BCUT2D eigenvalue weighted by molar-refractivity contribution is 5.90. The molecule has 0 amide bonds. The summed E-state index contributed by atoms with van der Waals surface area (Å²) in [6.07, 6.45) is 0. The number of carbonyl (C=O) groups excluding carboxylic acids is 1. The standard InChI is InChI=1S/C15H21NO4/c1-3-16(4-2)7-8-20-15(17)12-5-6-13-14(11-12)19-10-9-18-13/h5-6,11H,3-4,7-10H2,1-2H3. The molecular formula is C15H21NO4. The molecule has 0 N–H and O–H groups in total. The molecule has 5 heteroatoms. The summed E-state index contributed by atoms with van der Waals surface area (Å²) >= 11 is 0. The van der Waals surface area contributed by atoms with Crippen molar-refractivity contribution in [2.75, 3.05) is 39.5 Å². The van der Waals surface area contributed by atoms with Crippen molar-refractivity contribution < 1.29 is 19.0 Å². The lowest BCUT2D eigenvalue weighted by molar-refractivity contribution is 0.0465. The Kier molecular flexibility index (Phi) is 5.24. The Labute approximate surface area is 119 Å². The number of hydrogen-bond acceptors (Lipinski definition) is 5. The van der Waals surface area contributed by atoms with Crippen molar-refractivity contribution in [1.82, 2.24) is 4.90 Å². The molecule has 2 rings (SSSR count). The molecule has 0 saturated heterocycles. The molecule has 0 unspecified atom stereocenters. The molecule has 0 spiro atoms. The smallest absolute Gasteiger partial charge is 0.338 e. The number of hydrogen-bond donors (Lipinski definition) is 0. The molecule has 1 aliphatic rings. The van der Waals surface area contributed by atoms with E-state index in [-0.39, 0.29) is 5.97 Å². The van der Waals surface area contributed by atoms with E-state index in [9.17, 15) is 4.79 Å². The van der Waals surface area contributed by atoms with Crippen LogP contribution in [0, 0.1) is 0 Å². The van der Waals surface area contributed by atoms with Gasteiger partial charge in [0.25, 0.3) is 0 Å². The van der Waals surface area contributed by atoms with Crippen molar-refractivity contribution in [2.24, 2.45) is 0 Å². The maximum atomic E-state index is 12.0. The maximum Gasteiger partial charge on any atom is 0.338 e. The van der Waals surface area contributed by atoms with Crippen LogP contribution >= 0.6 is 0 Å². The van der Waals surface area contributed by atoms with E-state index in [1.54, 1.807) is 18.2 Å². The van der Waals surface area contributed by atoms with Crippen molar-refractivity contribution in [3.63, 3.8) is 0 Å². The van der Waals surface area contributed by atoms with Gasteiger partial charge < -0.3 is 19.1 Å². The lowest BCUT2D eigenvalue weighted by atomic mass is 10.2. The van der Waals surface area contributed by atoms with Crippen molar-refractivity contribution in [1.29, 1.82) is 0 Å². The van der Waals surface area contributed by atoms with Crippen LogP contribution in [0.4, 0.5) is 0 Å². The van der Waals surface area contributed by atoms with E-state index >= 15 is 0 Å². The molecule has 1 aromatic carbocycles. The average Bonchev–Trinajstić information content (AvgIpc) is 2.51. The minimum Gasteiger partial charge on any atom is -0.486 e. The van der Waals surface area contributed by atoms with Gasteiger partial charge in [0.05, 0.1) is 5.56 Å². The fourth-order valence-corrected chi connectivity index (χ4v) is 2.06. The van der Waals surface area contributed by atoms with Crippen molar-refractivity contribution in [2.45, 2.75) is 13.8 Å². The van der Waals surface area contributed by atoms with E-state index in [0.29, 0.717) is 36.9 Å². The first-order valence-electron chi connectivity index (χ1n) is 7.03. The van der Waals surface area contributed by atoms with Gasteiger partial charge >= 0.3 is 5.97 Å². The Balaban J connectivity index is 1.89. The Bertz CT molecular complexity index is 457. The van der Waals surface area contributed by atoms with Gasteiger partial charge in [0.15, 0.2) is 11.5 Å². The fraction of sp³-hybridized carbons (Fsp3) is 0.533. The molecule has 20 heavy (non-hydrogen) atoms. The summed E-state index contributed by atoms with van der Waals surface area (Å²) in [4.78, 5) is 14.2. The third-order valence-corrected chi connectivity index (χ3v) is 3.31. The van der Waals surface area contributed by atoms with Crippen LogP contribution < -0.4 is 9.47 Å². The summed E-state index contributed by atoms with van der Waals surface area (Å²) in [5.74, 6) is 0.958. The minimum absolute atomic E-state index is 0.325. The first-order chi connectivity index (χ1) is 9.74. The lowest BCUT2D eigenvalue weighted by Gasteiger charge is -2.19. The number of ether oxygens (including phenoxy) is 3. The van der Waals surface area contributed by atoms with Gasteiger partial charge in [-0.3, -0.25) is 0 Å². The molecule has 0 bridgehead atoms. The van der Waals surface area contributed by atoms with Crippen molar-refractivity contribution in [3.8, 4) is 11.5 Å². The molecule has 1 aliphatic heterocycles. The van der Waals surface area contributed by atoms with Crippen LogP contribution in [0.15, 0.2) is 18.2 Å². The summed E-state index contributed by atoms with van der Waals surface area (Å²) in [5.41, 5.74) is 0.494. The second kappa shape index (κ2) is 7.14. The predicted octanol–water partition coefficient (Wildman–Crippen LogP) is 1.96. The van der Waals surface area contributed by atoms with Crippen LogP contribution in [0.2, 0.25) is 0 Å². The van der Waals surface area contributed by atoms with Crippen LogP contribution in [0.3, 0.4) is 0 Å². The molecule has 0 radical (unpaired) electrons. The molecule has 1 aromatic rings. The molecule has 0 saturated carbocycles. The van der Waals surface area contributed by atoms with Crippen molar-refractivity contribution in [3.05, 3.63) is 23.8 Å². The number of fused-ring (bicyclic) bond motifs is 1. The summed E-state index contributed by atoms with van der Waals surface area (Å²) in [6, 6.07) is 5.12. The van der Waals surface area contributed by atoms with Gasteiger partial charge in [0.1, 0.15) is 19.8 Å². The van der Waals surface area contributed by atoms with Crippen LogP contribution in [0.25, 0.3) is 0 Å². The van der Waals surface area contributed by atoms with Crippen LogP contribution in [-0.4, -0.2) is 50.3 Å². The normalized spacial score (nSPS) is 13.3. The van der Waals surface area contributed by atoms with Gasteiger partial charge in [0, 0.05) is 6.54 Å². The molecule has 1 heterocycles. The average molecular weight is 279 g/mol. The highest BCUT2D eigenvalue weighted by Crippen LogP contribution is 2.30. The van der Waals surface area contributed by atoms with Gasteiger partial charge in [-0.2, -0.15) is 0 Å². The fourth-order valence-electron chi connectivity index (χ4n) is 2.06. The highest BCUT2D eigenvalue weighted by atomic mass is 16.6. The first-order valence-corrected chi connectivity index (χ1v) is 7.03. The molecule has 0 aliphatic carbocycles. The van der Waals surface area contributed by atoms with E-state index in [4.69, 9.17) is 14.2 Å². The first kappa shape index (κ1) is 14.7. The van der Waals surface area contributed by atoms with Gasteiger partial charge in [-0.25, -0.2) is 4.79 Å². The quantitative estimate of drug-likeness (QED) is 0.745. The molecule has 5 nitrogen and oxygen atoms in total. The monoisotopic (exact) mass is 279 g/mol. The van der Waals surface area contributed by atoms with E-state index in [1.807, 2.05) is 0 Å². The predicted molar refractivity (Wildman–Crippen MR) is 75.5 cm³/mol. The largest absolute Gasteiger partial charge is 0.486 e. The number of likely N-dealkylation sites (N-methyl/N-ethyl adjacent to an activating group) is 1. The number of carbonyl (C=O) groups is 1. The van der Waals surface area contributed by atoms with Crippen molar-refractivity contribution >= 4 is 5.97 Å². The topological polar surface area (TPSA) is 48.0 Å². The van der Waals surface area contributed by atoms with Crippen LogP contribution in [-0.2, 0) is 4.74 Å². The van der Waals surface area contributed by atoms with Gasteiger partial charge in [0.2, 0.25) is 0 Å². The second-order valence-corrected chi connectivity index (χ2v) is 4.52.